The van der Waals surface area contributed by atoms with Crippen LogP contribution in [-0.2, 0) is 25.9 Å². The van der Waals surface area contributed by atoms with Gasteiger partial charge >= 0.3 is 12.4 Å². The molecule has 0 radical (unpaired) electrons. The van der Waals surface area contributed by atoms with E-state index in [0.29, 0.717) is 30.3 Å². The molecule has 1 aliphatic rings. The van der Waals surface area contributed by atoms with Gasteiger partial charge in [0.15, 0.2) is 5.69 Å². The summed E-state index contributed by atoms with van der Waals surface area (Å²) in [6.45, 7) is 1.99. The highest BCUT2D eigenvalue weighted by atomic mass is 19.4. The number of fused-ring (bicyclic) bond motifs is 1. The first-order valence-electron chi connectivity index (χ1n) is 9.38. The lowest BCUT2D eigenvalue weighted by Crippen LogP contribution is -2.28. The molecule has 0 aliphatic carbocycles. The van der Waals surface area contributed by atoms with Crippen LogP contribution in [0.4, 0.5) is 26.3 Å². The molecule has 0 fully saturated rings. The number of pyridine rings is 1. The van der Waals surface area contributed by atoms with Gasteiger partial charge in [-0.15, -0.1) is 0 Å². The van der Waals surface area contributed by atoms with Crippen LogP contribution in [0.3, 0.4) is 0 Å². The molecule has 1 atom stereocenters. The van der Waals surface area contributed by atoms with Gasteiger partial charge in [-0.2, -0.15) is 36.5 Å². The second-order valence-corrected chi connectivity index (χ2v) is 7.41. The van der Waals surface area contributed by atoms with E-state index in [1.54, 1.807) is 17.7 Å². The molecule has 0 saturated heterocycles. The normalized spacial score (nSPS) is 16.3. The number of amides is 1. The largest absolute Gasteiger partial charge is 0.435 e. The van der Waals surface area contributed by atoms with Crippen molar-refractivity contribution in [2.24, 2.45) is 7.05 Å². The van der Waals surface area contributed by atoms with Crippen LogP contribution in [0, 0.1) is 6.92 Å². The Bertz CT molecular complexity index is 1190. The zero-order valence-corrected chi connectivity index (χ0v) is 16.7. The van der Waals surface area contributed by atoms with Crippen LogP contribution in [0.1, 0.15) is 45.6 Å². The molecule has 13 heteroatoms. The summed E-state index contributed by atoms with van der Waals surface area (Å²) in [4.78, 5) is 16.0. The molecular formula is C19H16F6N6O. The van der Waals surface area contributed by atoms with E-state index in [2.05, 4.69) is 20.5 Å². The molecule has 7 nitrogen and oxygen atoms in total. The summed E-state index contributed by atoms with van der Waals surface area (Å²) in [6.07, 6.45) is -7.75. The van der Waals surface area contributed by atoms with E-state index in [1.165, 1.54) is 7.05 Å². The average Bonchev–Trinajstić information content (AvgIpc) is 3.36. The highest BCUT2D eigenvalue weighted by molar-refractivity contribution is 5.93. The minimum Gasteiger partial charge on any atom is -0.342 e. The van der Waals surface area contributed by atoms with Crippen LogP contribution < -0.4 is 5.32 Å². The molecule has 0 bridgehead atoms. The lowest BCUT2D eigenvalue weighted by Gasteiger charge is -2.12. The van der Waals surface area contributed by atoms with E-state index in [1.807, 2.05) is 0 Å². The number of aromatic nitrogens is 5. The Labute approximate surface area is 177 Å². The molecule has 4 rings (SSSR count). The molecule has 3 aromatic heterocycles. The fourth-order valence-corrected chi connectivity index (χ4v) is 3.57. The summed E-state index contributed by atoms with van der Waals surface area (Å²) in [7, 11) is 1.23. The molecule has 0 unspecified atom stereocenters. The Hall–Kier alpha value is -3.38. The first-order chi connectivity index (χ1) is 14.8. The average molecular weight is 458 g/mol. The maximum atomic E-state index is 13.0. The molecular weight excluding hydrogens is 442 g/mol. The standard InChI is InChI=1S/C19H16F6N6O/c1-9-8-26-15(18(20,21)22)5-10(9)12-6-13-11(3-4-31(13)28-12)27-17(32)14-7-16(19(23,24)25)29-30(14)2/h5-8,11H,3-4H2,1-2H3,(H,27,32)/t11-/m0/s1. The van der Waals surface area contributed by atoms with Crippen molar-refractivity contribution in [3.63, 3.8) is 0 Å². The van der Waals surface area contributed by atoms with E-state index in [0.717, 1.165) is 16.9 Å². The van der Waals surface area contributed by atoms with E-state index >= 15 is 0 Å². The summed E-state index contributed by atoms with van der Waals surface area (Å²) in [5.41, 5.74) is -0.938. The van der Waals surface area contributed by atoms with Gasteiger partial charge in [0.05, 0.1) is 17.4 Å². The van der Waals surface area contributed by atoms with Crippen molar-refractivity contribution < 1.29 is 31.1 Å². The van der Waals surface area contributed by atoms with Gasteiger partial charge in [0.1, 0.15) is 11.4 Å². The van der Waals surface area contributed by atoms with Gasteiger partial charge in [0, 0.05) is 31.4 Å². The Balaban J connectivity index is 1.59. The second kappa shape index (κ2) is 7.35. The van der Waals surface area contributed by atoms with Crippen LogP contribution in [0.15, 0.2) is 24.4 Å². The van der Waals surface area contributed by atoms with Crippen LogP contribution in [0.5, 0.6) is 0 Å². The van der Waals surface area contributed by atoms with Crippen molar-refractivity contribution in [1.82, 2.24) is 29.9 Å². The third-order valence-electron chi connectivity index (χ3n) is 5.18. The topological polar surface area (TPSA) is 77.6 Å². The van der Waals surface area contributed by atoms with Gasteiger partial charge in [-0.25, -0.2) is 0 Å². The zero-order valence-electron chi connectivity index (χ0n) is 16.7. The molecule has 0 aromatic carbocycles. The number of carbonyl (C=O) groups is 1. The highest BCUT2D eigenvalue weighted by Gasteiger charge is 2.36. The Morgan fingerprint density at radius 1 is 1.06 bits per heavy atom. The van der Waals surface area contributed by atoms with E-state index < -0.39 is 35.7 Å². The monoisotopic (exact) mass is 458 g/mol. The van der Waals surface area contributed by atoms with Crippen LogP contribution in [-0.4, -0.2) is 30.5 Å². The quantitative estimate of drug-likeness (QED) is 0.604. The molecule has 3 aromatic rings. The Morgan fingerprint density at radius 3 is 2.38 bits per heavy atom. The molecule has 170 valence electrons. The van der Waals surface area contributed by atoms with Gasteiger partial charge in [-0.3, -0.25) is 19.1 Å². The minimum atomic E-state index is -4.69. The van der Waals surface area contributed by atoms with Gasteiger partial charge in [-0.05, 0) is 31.0 Å². The maximum Gasteiger partial charge on any atom is 0.435 e. The molecule has 0 spiro atoms. The fraction of sp³-hybridized carbons (Fsp3) is 0.368. The van der Waals surface area contributed by atoms with Gasteiger partial charge in [-0.1, -0.05) is 0 Å². The predicted molar refractivity (Wildman–Crippen MR) is 98.2 cm³/mol. The fourth-order valence-electron chi connectivity index (χ4n) is 3.57. The lowest BCUT2D eigenvalue weighted by atomic mass is 10.1. The Morgan fingerprint density at radius 2 is 1.75 bits per heavy atom. The van der Waals surface area contributed by atoms with Crippen molar-refractivity contribution >= 4 is 5.91 Å². The molecule has 4 heterocycles. The summed E-state index contributed by atoms with van der Waals surface area (Å²) in [6, 6.07) is 2.56. The van der Waals surface area contributed by atoms with Crippen LogP contribution >= 0.6 is 0 Å². The SMILES string of the molecule is Cc1cnc(C(F)(F)F)cc1-c1cc2n(n1)CC[C@@H]2NC(=O)c1cc(C(F)(F)F)nn1C. The highest BCUT2D eigenvalue weighted by Crippen LogP contribution is 2.35. The van der Waals surface area contributed by atoms with Crippen molar-refractivity contribution in [1.29, 1.82) is 0 Å². The zero-order chi connectivity index (χ0) is 23.4. The Kier molecular flexibility index (Phi) is 5.01. The van der Waals surface area contributed by atoms with Crippen LogP contribution in [0.25, 0.3) is 11.3 Å². The first-order valence-corrected chi connectivity index (χ1v) is 9.38. The van der Waals surface area contributed by atoms with Crippen LogP contribution in [0.2, 0.25) is 0 Å². The van der Waals surface area contributed by atoms with Crippen molar-refractivity contribution in [3.05, 3.63) is 52.7 Å². The third-order valence-corrected chi connectivity index (χ3v) is 5.18. The number of carbonyl (C=O) groups excluding carboxylic acids is 1. The second-order valence-electron chi connectivity index (χ2n) is 7.41. The van der Waals surface area contributed by atoms with Crippen molar-refractivity contribution in [2.75, 3.05) is 0 Å². The summed E-state index contributed by atoms with van der Waals surface area (Å²) < 4.78 is 80.1. The van der Waals surface area contributed by atoms with Crippen molar-refractivity contribution in [2.45, 2.75) is 38.3 Å². The lowest BCUT2D eigenvalue weighted by molar-refractivity contribution is -0.142. The van der Waals surface area contributed by atoms with E-state index in [4.69, 9.17) is 0 Å². The number of hydrogen-bond acceptors (Lipinski definition) is 4. The first kappa shape index (κ1) is 21.8. The molecule has 1 N–H and O–H groups in total. The van der Waals surface area contributed by atoms with Crippen molar-refractivity contribution in [3.8, 4) is 11.3 Å². The number of rotatable bonds is 3. The molecule has 1 amide bonds. The van der Waals surface area contributed by atoms with E-state index in [9.17, 15) is 31.1 Å². The maximum absolute atomic E-state index is 13.0. The number of aryl methyl sites for hydroxylation is 3. The summed E-state index contributed by atoms with van der Waals surface area (Å²) in [5, 5.41) is 10.3. The number of nitrogens with one attached hydrogen (secondary N) is 1. The molecule has 0 saturated carbocycles. The number of halogens is 6. The number of alkyl halides is 6. The van der Waals surface area contributed by atoms with Gasteiger partial charge in [0.2, 0.25) is 0 Å². The van der Waals surface area contributed by atoms with Gasteiger partial charge < -0.3 is 5.32 Å². The van der Waals surface area contributed by atoms with Gasteiger partial charge in [0.25, 0.3) is 5.91 Å². The summed E-state index contributed by atoms with van der Waals surface area (Å²) in [5.74, 6) is -0.754. The smallest absolute Gasteiger partial charge is 0.342 e. The third kappa shape index (κ3) is 3.94. The molecule has 32 heavy (non-hydrogen) atoms. The predicted octanol–water partition coefficient (Wildman–Crippen LogP) is 3.90. The van der Waals surface area contributed by atoms with E-state index in [-0.39, 0.29) is 17.0 Å². The number of nitrogens with zero attached hydrogens (tertiary/aromatic N) is 5. The molecule has 1 aliphatic heterocycles. The summed E-state index contributed by atoms with van der Waals surface area (Å²) >= 11 is 0. The number of hydrogen-bond donors (Lipinski definition) is 1. The minimum absolute atomic E-state index is 0.251.